The van der Waals surface area contributed by atoms with Gasteiger partial charge in [-0.15, -0.1) is 0 Å². The maximum absolute atomic E-state index is 12.8. The minimum atomic E-state index is -0.230. The first-order valence-corrected chi connectivity index (χ1v) is 5.45. The number of nitrogens with one attached hydrogen (secondary N) is 1. The summed E-state index contributed by atoms with van der Waals surface area (Å²) in [5.74, 6) is -0.230. The molecule has 0 aliphatic carbocycles. The topological polar surface area (TPSA) is 12.0 Å². The van der Waals surface area contributed by atoms with Gasteiger partial charge < -0.3 is 5.32 Å². The molecule has 0 saturated heterocycles. The average Bonchev–Trinajstić information content (AvgIpc) is 2.35. The molecule has 2 aromatic rings. The van der Waals surface area contributed by atoms with Gasteiger partial charge in [0.25, 0.3) is 0 Å². The normalized spacial score (nSPS) is 10.0. The summed E-state index contributed by atoms with van der Waals surface area (Å²) in [6.45, 7) is 5.77. The zero-order chi connectivity index (χ0) is 12.3. The summed E-state index contributed by atoms with van der Waals surface area (Å²) in [6, 6.07) is 12.4. The number of anilines is 2. The summed E-state index contributed by atoms with van der Waals surface area (Å²) in [4.78, 5) is 0. The lowest BCUT2D eigenvalue weighted by molar-refractivity contribution is 0.628. The molecule has 0 unspecified atom stereocenters. The second kappa shape index (κ2) is 4.83. The molecule has 0 saturated carbocycles. The molecule has 0 bridgehead atoms. The second-order valence-electron chi connectivity index (χ2n) is 3.91. The highest BCUT2D eigenvalue weighted by Crippen LogP contribution is 2.22. The van der Waals surface area contributed by atoms with E-state index in [2.05, 4.69) is 11.9 Å². The summed E-state index contributed by atoms with van der Waals surface area (Å²) in [5, 5.41) is 3.26. The average molecular weight is 227 g/mol. The van der Waals surface area contributed by atoms with Crippen LogP contribution in [0.2, 0.25) is 0 Å². The van der Waals surface area contributed by atoms with Gasteiger partial charge in [0.2, 0.25) is 0 Å². The van der Waals surface area contributed by atoms with Crippen molar-refractivity contribution >= 4 is 17.5 Å². The maximum atomic E-state index is 12.8. The molecule has 0 atom stereocenters. The van der Waals surface area contributed by atoms with Gasteiger partial charge >= 0.3 is 0 Å². The SMILES string of the molecule is C=Cc1ccc(C)c(Nc2ccc(F)cc2)c1. The van der Waals surface area contributed by atoms with Crippen molar-refractivity contribution in [1.82, 2.24) is 0 Å². The molecule has 0 amide bonds. The van der Waals surface area contributed by atoms with Crippen LogP contribution in [0.15, 0.2) is 49.0 Å². The smallest absolute Gasteiger partial charge is 0.123 e. The molecule has 1 N–H and O–H groups in total. The Labute approximate surface area is 101 Å². The Morgan fingerprint density at radius 1 is 1.12 bits per heavy atom. The Morgan fingerprint density at radius 3 is 2.47 bits per heavy atom. The van der Waals surface area contributed by atoms with Crippen molar-refractivity contribution in [2.45, 2.75) is 6.92 Å². The predicted molar refractivity (Wildman–Crippen MR) is 71.0 cm³/mol. The van der Waals surface area contributed by atoms with Crippen LogP contribution >= 0.6 is 0 Å². The summed E-state index contributed by atoms with van der Waals surface area (Å²) >= 11 is 0. The number of halogens is 1. The van der Waals surface area contributed by atoms with Crippen LogP contribution < -0.4 is 5.32 Å². The van der Waals surface area contributed by atoms with Crippen LogP contribution in [0.25, 0.3) is 6.08 Å². The van der Waals surface area contributed by atoms with Gasteiger partial charge in [0.15, 0.2) is 0 Å². The van der Waals surface area contributed by atoms with Crippen LogP contribution in [0.5, 0.6) is 0 Å². The van der Waals surface area contributed by atoms with E-state index in [1.165, 1.54) is 12.1 Å². The number of hydrogen-bond acceptors (Lipinski definition) is 1. The lowest BCUT2D eigenvalue weighted by Gasteiger charge is -2.10. The highest BCUT2D eigenvalue weighted by atomic mass is 19.1. The highest BCUT2D eigenvalue weighted by molar-refractivity contribution is 5.66. The van der Waals surface area contributed by atoms with E-state index in [9.17, 15) is 4.39 Å². The molecule has 1 nitrogen and oxygen atoms in total. The van der Waals surface area contributed by atoms with Crippen molar-refractivity contribution in [2.24, 2.45) is 0 Å². The van der Waals surface area contributed by atoms with Crippen LogP contribution in [-0.2, 0) is 0 Å². The van der Waals surface area contributed by atoms with E-state index in [4.69, 9.17) is 0 Å². The van der Waals surface area contributed by atoms with E-state index >= 15 is 0 Å². The first-order chi connectivity index (χ1) is 8.19. The first-order valence-electron chi connectivity index (χ1n) is 5.45. The van der Waals surface area contributed by atoms with Gasteiger partial charge in [-0.3, -0.25) is 0 Å². The lowest BCUT2D eigenvalue weighted by atomic mass is 10.1. The van der Waals surface area contributed by atoms with E-state index in [0.717, 1.165) is 22.5 Å². The van der Waals surface area contributed by atoms with Crippen molar-refractivity contribution in [1.29, 1.82) is 0 Å². The van der Waals surface area contributed by atoms with Crippen LogP contribution in [0.4, 0.5) is 15.8 Å². The fraction of sp³-hybridized carbons (Fsp3) is 0.0667. The standard InChI is InChI=1S/C15H14FN/c1-3-12-5-4-11(2)15(10-12)17-14-8-6-13(16)7-9-14/h3-10,17H,1H2,2H3. The van der Waals surface area contributed by atoms with Crippen molar-refractivity contribution < 1.29 is 4.39 Å². The fourth-order valence-electron chi connectivity index (χ4n) is 1.59. The third-order valence-corrected chi connectivity index (χ3v) is 2.62. The molecule has 86 valence electrons. The molecule has 0 aliphatic heterocycles. The van der Waals surface area contributed by atoms with Gasteiger partial charge in [0, 0.05) is 11.4 Å². The molecule has 2 aromatic carbocycles. The number of rotatable bonds is 3. The van der Waals surface area contributed by atoms with Crippen molar-refractivity contribution in [3.8, 4) is 0 Å². The Morgan fingerprint density at radius 2 is 1.82 bits per heavy atom. The Bertz CT molecular complexity index is 529. The van der Waals surface area contributed by atoms with Crippen LogP contribution in [0.3, 0.4) is 0 Å². The predicted octanol–water partition coefficient (Wildman–Crippen LogP) is 4.52. The van der Waals surface area contributed by atoms with Crippen LogP contribution in [0.1, 0.15) is 11.1 Å². The quantitative estimate of drug-likeness (QED) is 0.812. The number of hydrogen-bond donors (Lipinski definition) is 1. The van der Waals surface area contributed by atoms with Crippen LogP contribution in [-0.4, -0.2) is 0 Å². The number of aryl methyl sites for hydroxylation is 1. The third-order valence-electron chi connectivity index (χ3n) is 2.62. The third kappa shape index (κ3) is 2.72. The molecule has 0 aromatic heterocycles. The van der Waals surface area contributed by atoms with Gasteiger partial charge in [-0.05, 0) is 48.4 Å². The molecule has 0 radical (unpaired) electrons. The second-order valence-corrected chi connectivity index (χ2v) is 3.91. The minimum Gasteiger partial charge on any atom is -0.355 e. The van der Waals surface area contributed by atoms with Gasteiger partial charge in [0.05, 0.1) is 0 Å². The summed E-state index contributed by atoms with van der Waals surface area (Å²) < 4.78 is 12.8. The lowest BCUT2D eigenvalue weighted by Crippen LogP contribution is -1.93. The van der Waals surface area contributed by atoms with Crippen molar-refractivity contribution in [2.75, 3.05) is 5.32 Å². The summed E-state index contributed by atoms with van der Waals surface area (Å²) in [6.07, 6.45) is 1.80. The maximum Gasteiger partial charge on any atom is 0.123 e. The summed E-state index contributed by atoms with van der Waals surface area (Å²) in [5.41, 5.74) is 4.07. The summed E-state index contributed by atoms with van der Waals surface area (Å²) in [7, 11) is 0. The molecular weight excluding hydrogens is 213 g/mol. The zero-order valence-electron chi connectivity index (χ0n) is 9.70. The largest absolute Gasteiger partial charge is 0.355 e. The fourth-order valence-corrected chi connectivity index (χ4v) is 1.59. The molecule has 0 fully saturated rings. The Hall–Kier alpha value is -2.09. The molecular formula is C15H14FN. The van der Waals surface area contributed by atoms with Gasteiger partial charge in [-0.1, -0.05) is 24.8 Å². The van der Waals surface area contributed by atoms with E-state index in [-0.39, 0.29) is 5.82 Å². The van der Waals surface area contributed by atoms with Crippen molar-refractivity contribution in [3.63, 3.8) is 0 Å². The molecule has 17 heavy (non-hydrogen) atoms. The Kier molecular flexibility index (Phi) is 3.24. The zero-order valence-corrected chi connectivity index (χ0v) is 9.70. The molecule has 0 aliphatic rings. The molecule has 0 spiro atoms. The Balaban J connectivity index is 2.28. The number of benzene rings is 2. The highest BCUT2D eigenvalue weighted by Gasteiger charge is 2.00. The first kappa shape index (κ1) is 11.4. The van der Waals surface area contributed by atoms with Crippen LogP contribution in [0, 0.1) is 12.7 Å². The minimum absolute atomic E-state index is 0.230. The molecule has 0 heterocycles. The monoisotopic (exact) mass is 227 g/mol. The van der Waals surface area contributed by atoms with Gasteiger partial charge in [0.1, 0.15) is 5.82 Å². The van der Waals surface area contributed by atoms with E-state index in [0.29, 0.717) is 0 Å². The van der Waals surface area contributed by atoms with E-state index in [1.807, 2.05) is 25.1 Å². The van der Waals surface area contributed by atoms with E-state index < -0.39 is 0 Å². The van der Waals surface area contributed by atoms with Crippen molar-refractivity contribution in [3.05, 3.63) is 66.0 Å². The van der Waals surface area contributed by atoms with Gasteiger partial charge in [-0.2, -0.15) is 0 Å². The van der Waals surface area contributed by atoms with E-state index in [1.54, 1.807) is 18.2 Å². The molecule has 2 heteroatoms. The van der Waals surface area contributed by atoms with Gasteiger partial charge in [-0.25, -0.2) is 4.39 Å². The molecule has 2 rings (SSSR count).